The number of rotatable bonds is 1. The summed E-state index contributed by atoms with van der Waals surface area (Å²) in [6, 6.07) is 0.135. The predicted molar refractivity (Wildman–Crippen MR) is 73.6 cm³/mol. The number of nitrogens with zero attached hydrogens (tertiary/aromatic N) is 2. The van der Waals surface area contributed by atoms with E-state index in [0.717, 1.165) is 16.0 Å². The molecule has 0 saturated heterocycles. The average Bonchev–Trinajstić information content (AvgIpc) is 2.99. The zero-order chi connectivity index (χ0) is 12.4. The van der Waals surface area contributed by atoms with Gasteiger partial charge in [0.1, 0.15) is 4.70 Å². The summed E-state index contributed by atoms with van der Waals surface area (Å²) in [5, 5.41) is 5.49. The summed E-state index contributed by atoms with van der Waals surface area (Å²) in [5.74, 6) is 1.43. The molecular weight excluding hydrogens is 244 g/mol. The van der Waals surface area contributed by atoms with Gasteiger partial charge in [0.2, 0.25) is 0 Å². The van der Waals surface area contributed by atoms with Crippen molar-refractivity contribution in [2.75, 3.05) is 0 Å². The van der Waals surface area contributed by atoms with Crippen molar-refractivity contribution in [1.29, 1.82) is 0 Å². The second-order valence-electron chi connectivity index (χ2n) is 5.82. The van der Waals surface area contributed by atoms with Gasteiger partial charge in [0.05, 0.1) is 12.2 Å². The van der Waals surface area contributed by atoms with Crippen LogP contribution in [-0.4, -0.2) is 9.78 Å². The van der Waals surface area contributed by atoms with Crippen LogP contribution in [-0.2, 0) is 0 Å². The lowest BCUT2D eigenvalue weighted by molar-refractivity contribution is 0.508. The predicted octanol–water partition coefficient (Wildman–Crippen LogP) is 3.40. The first-order chi connectivity index (χ1) is 8.66. The van der Waals surface area contributed by atoms with E-state index in [1.807, 2.05) is 20.0 Å². The fraction of sp³-hybridized carbons (Fsp3) is 0.571. The minimum absolute atomic E-state index is 0.0984. The Hall–Kier alpha value is -1.16. The molecule has 0 spiro atoms. The molecule has 1 saturated carbocycles. The fourth-order valence-electron chi connectivity index (χ4n) is 3.61. The van der Waals surface area contributed by atoms with E-state index in [2.05, 4.69) is 5.10 Å². The third-order valence-electron chi connectivity index (χ3n) is 4.43. The average molecular weight is 260 g/mol. The first kappa shape index (κ1) is 10.7. The van der Waals surface area contributed by atoms with E-state index in [1.165, 1.54) is 29.7 Å². The van der Waals surface area contributed by atoms with Crippen molar-refractivity contribution < 1.29 is 0 Å². The fourth-order valence-corrected chi connectivity index (χ4v) is 5.05. The van der Waals surface area contributed by atoms with E-state index in [0.29, 0.717) is 5.92 Å². The van der Waals surface area contributed by atoms with Gasteiger partial charge >= 0.3 is 0 Å². The Balaban J connectivity index is 2.05. The van der Waals surface area contributed by atoms with Gasteiger partial charge in [-0.25, -0.2) is 4.68 Å². The maximum atomic E-state index is 12.4. The molecule has 2 heterocycles. The Kier molecular flexibility index (Phi) is 2.05. The van der Waals surface area contributed by atoms with Crippen molar-refractivity contribution >= 4 is 21.4 Å². The van der Waals surface area contributed by atoms with Gasteiger partial charge in [-0.15, -0.1) is 11.3 Å². The molecule has 2 atom stereocenters. The van der Waals surface area contributed by atoms with Crippen LogP contribution in [0.5, 0.6) is 0 Å². The van der Waals surface area contributed by atoms with Gasteiger partial charge in [0.25, 0.3) is 5.56 Å². The monoisotopic (exact) mass is 260 g/mol. The van der Waals surface area contributed by atoms with Gasteiger partial charge in [-0.2, -0.15) is 5.10 Å². The van der Waals surface area contributed by atoms with Crippen LogP contribution < -0.4 is 5.56 Å². The molecule has 0 N–H and O–H groups in total. The molecule has 4 heteroatoms. The Labute approximate surface area is 109 Å². The van der Waals surface area contributed by atoms with E-state index in [9.17, 15) is 4.79 Å². The largest absolute Gasteiger partial charge is 0.284 e. The lowest BCUT2D eigenvalue weighted by atomic mass is 9.96. The summed E-state index contributed by atoms with van der Waals surface area (Å²) < 4.78 is 2.54. The molecule has 94 valence electrons. The van der Waals surface area contributed by atoms with Gasteiger partial charge in [-0.05, 0) is 50.5 Å². The smallest absolute Gasteiger partial charge is 0.266 e. The summed E-state index contributed by atoms with van der Waals surface area (Å²) in [7, 11) is 0. The Morgan fingerprint density at radius 2 is 2.17 bits per heavy atom. The quantitative estimate of drug-likeness (QED) is 0.787. The van der Waals surface area contributed by atoms with Crippen molar-refractivity contribution in [2.45, 2.75) is 51.0 Å². The van der Waals surface area contributed by atoms with E-state index in [1.54, 1.807) is 16.0 Å². The summed E-state index contributed by atoms with van der Waals surface area (Å²) in [6.07, 6.45) is 5.85. The normalized spacial score (nSPS) is 25.3. The Morgan fingerprint density at radius 1 is 1.39 bits per heavy atom. The van der Waals surface area contributed by atoms with Crippen molar-refractivity contribution in [2.24, 2.45) is 0 Å². The van der Waals surface area contributed by atoms with E-state index >= 15 is 0 Å². The Morgan fingerprint density at radius 3 is 2.94 bits per heavy atom. The summed E-state index contributed by atoms with van der Waals surface area (Å²) in [6.45, 7) is 4.01. The third-order valence-corrected chi connectivity index (χ3v) is 5.80. The van der Waals surface area contributed by atoms with Crippen molar-refractivity contribution in [3.05, 3.63) is 27.0 Å². The van der Waals surface area contributed by atoms with Crippen LogP contribution in [0.4, 0.5) is 0 Å². The van der Waals surface area contributed by atoms with Gasteiger partial charge in [-0.3, -0.25) is 4.79 Å². The van der Waals surface area contributed by atoms with Crippen LogP contribution in [0.2, 0.25) is 0 Å². The second kappa shape index (κ2) is 3.44. The highest BCUT2D eigenvalue weighted by molar-refractivity contribution is 7.19. The molecule has 2 aromatic heterocycles. The summed E-state index contributed by atoms with van der Waals surface area (Å²) in [4.78, 5) is 13.9. The lowest BCUT2D eigenvalue weighted by Crippen LogP contribution is -2.23. The number of hydrogen-bond donors (Lipinski definition) is 0. The van der Waals surface area contributed by atoms with E-state index in [-0.39, 0.29) is 11.6 Å². The topological polar surface area (TPSA) is 34.9 Å². The van der Waals surface area contributed by atoms with E-state index < -0.39 is 0 Å². The van der Waals surface area contributed by atoms with Crippen LogP contribution in [0, 0.1) is 0 Å². The van der Waals surface area contributed by atoms with Crippen LogP contribution in [0.15, 0.2) is 11.0 Å². The van der Waals surface area contributed by atoms with Crippen LogP contribution in [0.3, 0.4) is 0 Å². The van der Waals surface area contributed by atoms with Gasteiger partial charge in [0.15, 0.2) is 0 Å². The molecule has 4 rings (SSSR count). The molecule has 0 amide bonds. The minimum atomic E-state index is 0.0984. The third kappa shape index (κ3) is 1.19. The highest BCUT2D eigenvalue weighted by Crippen LogP contribution is 2.57. The standard InChI is InChI=1S/C14H16N2OS/c1-7(2)16-14(17)13-10(6-15-16)11-8-3-4-9(5-8)12(11)18-13/h6-9H,3-5H2,1-2H3. The maximum absolute atomic E-state index is 12.4. The van der Waals surface area contributed by atoms with Crippen molar-refractivity contribution in [3.8, 4) is 0 Å². The zero-order valence-electron chi connectivity index (χ0n) is 10.6. The van der Waals surface area contributed by atoms with Gasteiger partial charge in [-0.1, -0.05) is 0 Å². The molecule has 18 heavy (non-hydrogen) atoms. The molecule has 2 aliphatic rings. The SMILES string of the molecule is CC(C)n1ncc2c3c(sc2c1=O)C1CCC3C1. The molecule has 1 fully saturated rings. The van der Waals surface area contributed by atoms with Crippen molar-refractivity contribution in [3.63, 3.8) is 0 Å². The highest BCUT2D eigenvalue weighted by atomic mass is 32.1. The molecule has 2 aliphatic carbocycles. The molecule has 0 radical (unpaired) electrons. The molecule has 2 unspecified atom stereocenters. The first-order valence-corrected chi connectivity index (χ1v) is 7.52. The number of aromatic nitrogens is 2. The molecule has 2 aromatic rings. The minimum Gasteiger partial charge on any atom is -0.266 e. The molecular formula is C14H16N2OS. The van der Waals surface area contributed by atoms with E-state index in [4.69, 9.17) is 0 Å². The molecule has 0 aliphatic heterocycles. The molecule has 3 nitrogen and oxygen atoms in total. The number of fused-ring (bicyclic) bond motifs is 7. The highest BCUT2D eigenvalue weighted by Gasteiger charge is 2.40. The zero-order valence-corrected chi connectivity index (χ0v) is 11.5. The van der Waals surface area contributed by atoms with Crippen LogP contribution in [0.25, 0.3) is 10.1 Å². The van der Waals surface area contributed by atoms with Crippen molar-refractivity contribution in [1.82, 2.24) is 9.78 Å². The summed E-state index contributed by atoms with van der Waals surface area (Å²) in [5.41, 5.74) is 1.56. The first-order valence-electron chi connectivity index (χ1n) is 6.71. The lowest BCUT2D eigenvalue weighted by Gasteiger charge is -2.10. The second-order valence-corrected chi connectivity index (χ2v) is 6.87. The van der Waals surface area contributed by atoms with Gasteiger partial charge < -0.3 is 0 Å². The van der Waals surface area contributed by atoms with Gasteiger partial charge in [0, 0.05) is 10.3 Å². The maximum Gasteiger partial charge on any atom is 0.284 e. The summed E-state index contributed by atoms with van der Waals surface area (Å²) >= 11 is 1.73. The number of thiophene rings is 1. The van der Waals surface area contributed by atoms with Crippen LogP contribution >= 0.6 is 11.3 Å². The molecule has 2 bridgehead atoms. The molecule has 0 aromatic carbocycles. The Bertz CT molecular complexity index is 698. The van der Waals surface area contributed by atoms with Crippen LogP contribution in [0.1, 0.15) is 61.4 Å². The number of hydrogen-bond acceptors (Lipinski definition) is 3.